The zero-order valence-electron chi connectivity index (χ0n) is 11.6. The molecule has 1 aromatic heterocycles. The summed E-state index contributed by atoms with van der Waals surface area (Å²) in [6.45, 7) is 1.69. The van der Waals surface area contributed by atoms with Crippen molar-refractivity contribution in [3.05, 3.63) is 52.4 Å². The highest BCUT2D eigenvalue weighted by Crippen LogP contribution is 2.20. The molecule has 0 unspecified atom stereocenters. The number of hydrogen-bond acceptors (Lipinski definition) is 6. The summed E-state index contributed by atoms with van der Waals surface area (Å²) in [7, 11) is 0. The lowest BCUT2D eigenvalue weighted by atomic mass is 10.4. The van der Waals surface area contributed by atoms with E-state index < -0.39 is 0 Å². The van der Waals surface area contributed by atoms with Crippen LogP contribution in [0.5, 0.6) is 6.01 Å². The lowest BCUT2D eigenvalue weighted by Gasteiger charge is -2.12. The van der Waals surface area contributed by atoms with Crippen LogP contribution < -0.4 is 9.74 Å². The number of aromatic nitrogens is 2. The first kappa shape index (κ1) is 15.6. The predicted molar refractivity (Wildman–Crippen MR) is 79.2 cm³/mol. The van der Waals surface area contributed by atoms with Gasteiger partial charge in [-0.1, -0.05) is 18.2 Å². The lowest BCUT2D eigenvalue weighted by Crippen LogP contribution is -2.25. The fourth-order valence-electron chi connectivity index (χ4n) is 1.54. The number of hydrogen-bond donors (Lipinski definition) is 1. The number of aliphatic hydroxyl groups excluding tert-OH is 1. The van der Waals surface area contributed by atoms with Gasteiger partial charge in [0.2, 0.25) is 0 Å². The molecule has 0 aliphatic rings. The predicted octanol–water partition coefficient (Wildman–Crippen LogP) is 1.60. The minimum absolute atomic E-state index is 0.0151. The summed E-state index contributed by atoms with van der Waals surface area (Å²) in [5, 5.41) is 8.73. The Hall–Kier alpha value is -1.83. The van der Waals surface area contributed by atoms with Crippen molar-refractivity contribution in [1.82, 2.24) is 9.55 Å². The van der Waals surface area contributed by atoms with E-state index in [0.29, 0.717) is 5.56 Å². The molecule has 1 heterocycles. The molecule has 112 valence electrons. The van der Waals surface area contributed by atoms with Gasteiger partial charge in [-0.2, -0.15) is 0 Å². The molecule has 2 aromatic rings. The fraction of sp³-hybridized carbons (Fsp3) is 0.286. The molecule has 0 aliphatic carbocycles. The molecule has 0 bridgehead atoms. The number of rotatable bonds is 7. The van der Waals surface area contributed by atoms with Crippen molar-refractivity contribution in [1.29, 1.82) is 0 Å². The molecular weight excluding hydrogens is 292 g/mol. The van der Waals surface area contributed by atoms with Crippen LogP contribution in [0.15, 0.2) is 46.2 Å². The Bertz CT molecular complexity index is 631. The second-order valence-electron chi connectivity index (χ2n) is 4.20. The second kappa shape index (κ2) is 7.82. The van der Waals surface area contributed by atoms with Crippen LogP contribution in [0.4, 0.5) is 0 Å². The van der Waals surface area contributed by atoms with Gasteiger partial charge in [-0.05, 0) is 19.1 Å². The Balaban J connectivity index is 2.14. The first-order valence-electron chi connectivity index (χ1n) is 6.37. The number of benzene rings is 1. The molecule has 0 atom stereocenters. The molecule has 0 aliphatic heterocycles. The van der Waals surface area contributed by atoms with E-state index in [4.69, 9.17) is 14.0 Å². The third-order valence-corrected chi connectivity index (χ3v) is 3.29. The lowest BCUT2D eigenvalue weighted by molar-refractivity contribution is 0.0433. The first-order valence-corrected chi connectivity index (χ1v) is 7.11. The van der Waals surface area contributed by atoms with Crippen LogP contribution in [0.1, 0.15) is 5.56 Å². The molecule has 21 heavy (non-hydrogen) atoms. The van der Waals surface area contributed by atoms with Crippen LogP contribution in [0.2, 0.25) is 0 Å². The Labute approximate surface area is 126 Å². The van der Waals surface area contributed by atoms with E-state index in [1.165, 1.54) is 10.8 Å². The van der Waals surface area contributed by atoms with Crippen molar-refractivity contribution in [2.75, 3.05) is 13.2 Å². The Morgan fingerprint density at radius 3 is 2.81 bits per heavy atom. The zero-order valence-corrected chi connectivity index (χ0v) is 12.4. The van der Waals surface area contributed by atoms with Gasteiger partial charge in [0.05, 0.1) is 25.3 Å². The third-order valence-electron chi connectivity index (χ3n) is 2.59. The van der Waals surface area contributed by atoms with Crippen LogP contribution in [0.3, 0.4) is 0 Å². The molecular formula is C14H16N2O4S. The van der Waals surface area contributed by atoms with E-state index in [2.05, 4.69) is 4.98 Å². The molecule has 0 fully saturated rings. The van der Waals surface area contributed by atoms with Crippen molar-refractivity contribution in [2.45, 2.75) is 18.6 Å². The van der Waals surface area contributed by atoms with E-state index in [1.54, 1.807) is 6.92 Å². The minimum Gasteiger partial charge on any atom is -0.394 e. The average molecular weight is 308 g/mol. The summed E-state index contributed by atoms with van der Waals surface area (Å²) in [6.07, 6.45) is 1.46. The summed E-state index contributed by atoms with van der Waals surface area (Å²) in [4.78, 5) is 17.1. The Morgan fingerprint density at radius 2 is 2.10 bits per heavy atom. The van der Waals surface area contributed by atoms with Gasteiger partial charge < -0.3 is 14.0 Å². The maximum atomic E-state index is 12.1. The van der Waals surface area contributed by atoms with Gasteiger partial charge in [-0.25, -0.2) is 9.55 Å². The smallest absolute Gasteiger partial charge is 0.313 e. The summed E-state index contributed by atoms with van der Waals surface area (Å²) in [5.74, 6) is 0. The molecule has 1 N–H and O–H groups in total. The summed E-state index contributed by atoms with van der Waals surface area (Å²) in [6, 6.07) is 9.65. The van der Waals surface area contributed by atoms with E-state index in [9.17, 15) is 4.79 Å². The number of ether oxygens (including phenoxy) is 1. The minimum atomic E-state index is -0.230. The van der Waals surface area contributed by atoms with Crippen molar-refractivity contribution in [3.8, 4) is 6.01 Å². The molecule has 6 nitrogen and oxygen atoms in total. The highest BCUT2D eigenvalue weighted by molar-refractivity contribution is 7.95. The van der Waals surface area contributed by atoms with Gasteiger partial charge in [0.1, 0.15) is 6.73 Å². The molecule has 0 saturated heterocycles. The third kappa shape index (κ3) is 4.32. The summed E-state index contributed by atoms with van der Waals surface area (Å²) < 4.78 is 12.0. The van der Waals surface area contributed by atoms with E-state index in [0.717, 1.165) is 16.9 Å². The van der Waals surface area contributed by atoms with Crippen LogP contribution >= 0.6 is 12.0 Å². The van der Waals surface area contributed by atoms with Crippen molar-refractivity contribution >= 4 is 12.0 Å². The van der Waals surface area contributed by atoms with Gasteiger partial charge in [-0.15, -0.1) is 0 Å². The van der Waals surface area contributed by atoms with Crippen molar-refractivity contribution < 1.29 is 14.0 Å². The van der Waals surface area contributed by atoms with Crippen LogP contribution in [0, 0.1) is 6.92 Å². The van der Waals surface area contributed by atoms with Gasteiger partial charge in [0, 0.05) is 16.7 Å². The van der Waals surface area contributed by atoms with Crippen molar-refractivity contribution in [2.24, 2.45) is 0 Å². The SMILES string of the molecule is Cc1cnc(OSc2ccccc2)n(COCCO)c1=O. The Kier molecular flexibility index (Phi) is 5.79. The molecule has 1 aromatic carbocycles. The largest absolute Gasteiger partial charge is 0.394 e. The van der Waals surface area contributed by atoms with Gasteiger partial charge >= 0.3 is 6.01 Å². The molecule has 0 spiro atoms. The first-order chi connectivity index (χ1) is 10.2. The maximum Gasteiger partial charge on any atom is 0.313 e. The van der Waals surface area contributed by atoms with Crippen LogP contribution in [0.25, 0.3) is 0 Å². The van der Waals surface area contributed by atoms with Gasteiger partial charge in [-0.3, -0.25) is 4.79 Å². The maximum absolute atomic E-state index is 12.1. The van der Waals surface area contributed by atoms with Crippen LogP contribution in [-0.4, -0.2) is 27.9 Å². The summed E-state index contributed by atoms with van der Waals surface area (Å²) >= 11 is 1.11. The zero-order chi connectivity index (χ0) is 15.1. The standard InChI is InChI=1S/C14H16N2O4S/c1-11-9-15-14(16(13(11)18)10-19-8-7-17)20-21-12-5-3-2-4-6-12/h2-6,9,17H,7-8,10H2,1H3. The number of aliphatic hydroxyl groups is 1. The van der Waals surface area contributed by atoms with E-state index in [-0.39, 0.29) is 31.5 Å². The monoisotopic (exact) mass is 308 g/mol. The molecule has 7 heteroatoms. The van der Waals surface area contributed by atoms with E-state index >= 15 is 0 Å². The highest BCUT2D eigenvalue weighted by Gasteiger charge is 2.10. The quantitative estimate of drug-likeness (QED) is 0.619. The molecule has 0 radical (unpaired) electrons. The van der Waals surface area contributed by atoms with E-state index in [1.807, 2.05) is 30.3 Å². The number of aryl methyl sites for hydroxylation is 1. The molecule has 2 rings (SSSR count). The average Bonchev–Trinajstić information content (AvgIpc) is 2.52. The topological polar surface area (TPSA) is 73.6 Å². The van der Waals surface area contributed by atoms with Crippen LogP contribution in [-0.2, 0) is 11.5 Å². The fourth-order valence-corrected chi connectivity index (χ4v) is 2.11. The normalized spacial score (nSPS) is 10.6. The van der Waals surface area contributed by atoms with Gasteiger partial charge in [0.25, 0.3) is 5.56 Å². The van der Waals surface area contributed by atoms with Crippen molar-refractivity contribution in [3.63, 3.8) is 0 Å². The molecule has 0 amide bonds. The molecule has 0 saturated carbocycles. The number of nitrogens with zero attached hydrogens (tertiary/aromatic N) is 2. The highest BCUT2D eigenvalue weighted by atomic mass is 32.2. The second-order valence-corrected chi connectivity index (χ2v) is 5.00. The van der Waals surface area contributed by atoms with Gasteiger partial charge in [0.15, 0.2) is 0 Å². The summed E-state index contributed by atoms with van der Waals surface area (Å²) in [5.41, 5.74) is 0.270. The Morgan fingerprint density at radius 1 is 1.33 bits per heavy atom.